The van der Waals surface area contributed by atoms with Crippen LogP contribution in [0.15, 0.2) is 18.3 Å². The van der Waals surface area contributed by atoms with Crippen LogP contribution in [0.2, 0.25) is 0 Å². The summed E-state index contributed by atoms with van der Waals surface area (Å²) in [7, 11) is 1.59. The molecule has 6 nitrogen and oxygen atoms in total. The first-order valence-electron chi connectivity index (χ1n) is 5.41. The summed E-state index contributed by atoms with van der Waals surface area (Å²) in [6.07, 6.45) is 3.13. The number of H-pyrrole nitrogens is 1. The average Bonchev–Trinajstić information content (AvgIpc) is 2.78. The van der Waals surface area contributed by atoms with Crippen molar-refractivity contribution in [1.29, 1.82) is 0 Å². The molecule has 0 aromatic carbocycles. The van der Waals surface area contributed by atoms with Gasteiger partial charge in [0.05, 0.1) is 7.11 Å². The van der Waals surface area contributed by atoms with Crippen LogP contribution in [0.1, 0.15) is 17.2 Å². The number of methoxy groups -OCH3 is 1. The summed E-state index contributed by atoms with van der Waals surface area (Å²) in [6, 6.07) is 3.78. The molecule has 2 rings (SSSR count). The first kappa shape index (κ1) is 11.5. The van der Waals surface area contributed by atoms with Crippen LogP contribution in [0.4, 0.5) is 0 Å². The SMILES string of the molecule is COc1ccc(Cc2nc(CCN)n[nH]2)cn1. The number of ether oxygens (including phenoxy) is 1. The number of rotatable bonds is 5. The van der Waals surface area contributed by atoms with Gasteiger partial charge in [0.1, 0.15) is 5.82 Å². The zero-order chi connectivity index (χ0) is 12.1. The fourth-order valence-corrected chi connectivity index (χ4v) is 1.48. The third-order valence-corrected chi connectivity index (χ3v) is 2.32. The smallest absolute Gasteiger partial charge is 0.212 e. The predicted octanol–water partition coefficient (Wildman–Crippen LogP) is 0.300. The number of nitrogens with two attached hydrogens (primary N) is 1. The highest BCUT2D eigenvalue weighted by Gasteiger charge is 2.04. The molecule has 2 aromatic heterocycles. The Balaban J connectivity index is 2.03. The van der Waals surface area contributed by atoms with Crippen LogP contribution in [0.3, 0.4) is 0 Å². The zero-order valence-electron chi connectivity index (χ0n) is 9.68. The molecule has 0 aliphatic carbocycles. The Labute approximate surface area is 99.2 Å². The summed E-state index contributed by atoms with van der Waals surface area (Å²) >= 11 is 0. The Kier molecular flexibility index (Phi) is 3.66. The number of hydrogen-bond donors (Lipinski definition) is 2. The van der Waals surface area contributed by atoms with Gasteiger partial charge in [0.25, 0.3) is 0 Å². The highest BCUT2D eigenvalue weighted by Crippen LogP contribution is 2.09. The molecule has 17 heavy (non-hydrogen) atoms. The fraction of sp³-hybridized carbons (Fsp3) is 0.364. The Morgan fingerprint density at radius 2 is 2.29 bits per heavy atom. The molecular weight excluding hydrogens is 218 g/mol. The molecule has 0 bridgehead atoms. The van der Waals surface area contributed by atoms with E-state index in [0.29, 0.717) is 25.3 Å². The van der Waals surface area contributed by atoms with Crippen molar-refractivity contribution < 1.29 is 4.74 Å². The average molecular weight is 233 g/mol. The van der Waals surface area contributed by atoms with E-state index in [0.717, 1.165) is 17.2 Å². The molecule has 6 heteroatoms. The lowest BCUT2D eigenvalue weighted by Gasteiger charge is -2.00. The zero-order valence-corrected chi connectivity index (χ0v) is 9.68. The van der Waals surface area contributed by atoms with Crippen LogP contribution in [0.5, 0.6) is 5.88 Å². The molecule has 0 spiro atoms. The van der Waals surface area contributed by atoms with Gasteiger partial charge in [-0.05, 0) is 12.1 Å². The second-order valence-electron chi connectivity index (χ2n) is 3.62. The number of hydrogen-bond acceptors (Lipinski definition) is 5. The number of aromatic amines is 1. The third kappa shape index (κ3) is 3.01. The number of pyridine rings is 1. The van der Waals surface area contributed by atoms with E-state index >= 15 is 0 Å². The van der Waals surface area contributed by atoms with Gasteiger partial charge in [0.15, 0.2) is 5.82 Å². The molecule has 0 aliphatic heterocycles. The Morgan fingerprint density at radius 3 is 2.94 bits per heavy atom. The van der Waals surface area contributed by atoms with E-state index in [1.165, 1.54) is 0 Å². The Hall–Kier alpha value is -1.95. The van der Waals surface area contributed by atoms with E-state index in [9.17, 15) is 0 Å². The molecule has 3 N–H and O–H groups in total. The van der Waals surface area contributed by atoms with Gasteiger partial charge in [0.2, 0.25) is 5.88 Å². The van der Waals surface area contributed by atoms with Gasteiger partial charge >= 0.3 is 0 Å². The van der Waals surface area contributed by atoms with Crippen LogP contribution >= 0.6 is 0 Å². The summed E-state index contributed by atoms with van der Waals surface area (Å²) in [5, 5.41) is 6.97. The number of nitrogens with zero attached hydrogens (tertiary/aromatic N) is 3. The molecule has 0 saturated heterocycles. The van der Waals surface area contributed by atoms with Crippen molar-refractivity contribution in [1.82, 2.24) is 20.2 Å². The van der Waals surface area contributed by atoms with E-state index in [-0.39, 0.29) is 0 Å². The van der Waals surface area contributed by atoms with Gasteiger partial charge in [-0.25, -0.2) is 9.97 Å². The van der Waals surface area contributed by atoms with Crippen LogP contribution < -0.4 is 10.5 Å². The van der Waals surface area contributed by atoms with Crippen LogP contribution in [-0.2, 0) is 12.8 Å². The monoisotopic (exact) mass is 233 g/mol. The van der Waals surface area contributed by atoms with Crippen LogP contribution in [0.25, 0.3) is 0 Å². The fourth-order valence-electron chi connectivity index (χ4n) is 1.48. The number of aromatic nitrogens is 4. The maximum atomic E-state index is 5.44. The summed E-state index contributed by atoms with van der Waals surface area (Å²) in [4.78, 5) is 8.46. The minimum Gasteiger partial charge on any atom is -0.481 e. The lowest BCUT2D eigenvalue weighted by Crippen LogP contribution is -2.04. The quantitative estimate of drug-likeness (QED) is 0.775. The van der Waals surface area contributed by atoms with Crippen LogP contribution in [-0.4, -0.2) is 33.8 Å². The maximum absolute atomic E-state index is 5.44. The first-order chi connectivity index (χ1) is 8.31. The minimum atomic E-state index is 0.557. The minimum absolute atomic E-state index is 0.557. The molecule has 0 saturated carbocycles. The van der Waals surface area contributed by atoms with Gasteiger partial charge in [0, 0.05) is 25.1 Å². The molecule has 0 amide bonds. The molecule has 2 heterocycles. The molecule has 0 atom stereocenters. The van der Waals surface area contributed by atoms with Gasteiger partial charge < -0.3 is 10.5 Å². The summed E-state index contributed by atoms with van der Waals surface area (Å²) in [5.41, 5.74) is 6.49. The van der Waals surface area contributed by atoms with Crippen molar-refractivity contribution in [3.8, 4) is 5.88 Å². The second-order valence-corrected chi connectivity index (χ2v) is 3.62. The van der Waals surface area contributed by atoms with Gasteiger partial charge in [-0.15, -0.1) is 0 Å². The van der Waals surface area contributed by atoms with Crippen LogP contribution in [0, 0.1) is 0 Å². The normalized spacial score (nSPS) is 10.5. The maximum Gasteiger partial charge on any atom is 0.212 e. The highest BCUT2D eigenvalue weighted by molar-refractivity contribution is 5.20. The van der Waals surface area contributed by atoms with Crippen molar-refractivity contribution in [2.75, 3.05) is 13.7 Å². The second kappa shape index (κ2) is 5.40. The predicted molar refractivity (Wildman–Crippen MR) is 62.7 cm³/mol. The molecule has 90 valence electrons. The van der Waals surface area contributed by atoms with Crippen molar-refractivity contribution in [2.24, 2.45) is 5.73 Å². The van der Waals surface area contributed by atoms with E-state index < -0.39 is 0 Å². The van der Waals surface area contributed by atoms with Crippen molar-refractivity contribution in [2.45, 2.75) is 12.8 Å². The van der Waals surface area contributed by atoms with Crippen molar-refractivity contribution in [3.05, 3.63) is 35.5 Å². The number of nitrogens with one attached hydrogen (secondary N) is 1. The molecular formula is C11H15N5O. The lowest BCUT2D eigenvalue weighted by atomic mass is 10.2. The van der Waals surface area contributed by atoms with E-state index in [1.54, 1.807) is 13.3 Å². The van der Waals surface area contributed by atoms with Crippen molar-refractivity contribution >= 4 is 0 Å². The van der Waals surface area contributed by atoms with Gasteiger partial charge in [-0.2, -0.15) is 5.10 Å². The standard InChI is InChI=1S/C11H15N5O/c1-17-11-3-2-8(7-13-11)6-10-14-9(4-5-12)15-16-10/h2-3,7H,4-6,12H2,1H3,(H,14,15,16). The van der Waals surface area contributed by atoms with E-state index in [4.69, 9.17) is 10.5 Å². The van der Waals surface area contributed by atoms with E-state index in [2.05, 4.69) is 20.2 Å². The summed E-state index contributed by atoms with van der Waals surface area (Å²) in [5.74, 6) is 2.18. The first-order valence-corrected chi connectivity index (χ1v) is 5.41. The Morgan fingerprint density at radius 1 is 1.41 bits per heavy atom. The lowest BCUT2D eigenvalue weighted by molar-refractivity contribution is 0.397. The summed E-state index contributed by atoms with van der Waals surface area (Å²) in [6.45, 7) is 0.557. The van der Waals surface area contributed by atoms with Crippen molar-refractivity contribution in [3.63, 3.8) is 0 Å². The molecule has 0 fully saturated rings. The molecule has 2 aromatic rings. The molecule has 0 unspecified atom stereocenters. The third-order valence-electron chi connectivity index (χ3n) is 2.32. The van der Waals surface area contributed by atoms with E-state index in [1.807, 2.05) is 12.1 Å². The summed E-state index contributed by atoms with van der Waals surface area (Å²) < 4.78 is 4.99. The molecule has 0 aliphatic rings. The topological polar surface area (TPSA) is 89.7 Å². The van der Waals surface area contributed by atoms with Gasteiger partial charge in [-0.3, -0.25) is 5.10 Å². The highest BCUT2D eigenvalue weighted by atomic mass is 16.5. The molecule has 0 radical (unpaired) electrons. The van der Waals surface area contributed by atoms with Gasteiger partial charge in [-0.1, -0.05) is 6.07 Å². The Bertz CT molecular complexity index is 465. The largest absolute Gasteiger partial charge is 0.481 e.